The van der Waals surface area contributed by atoms with Gasteiger partial charge in [-0.2, -0.15) is 5.10 Å². The summed E-state index contributed by atoms with van der Waals surface area (Å²) in [5, 5.41) is 14.7. The molecule has 4 rings (SSSR count). The van der Waals surface area contributed by atoms with Gasteiger partial charge in [0.2, 0.25) is 5.91 Å². The van der Waals surface area contributed by atoms with Crippen LogP contribution in [0.15, 0.2) is 76.7 Å². The molecule has 3 aromatic carbocycles. The molecule has 1 aliphatic heterocycles. The van der Waals surface area contributed by atoms with Crippen LogP contribution in [0.25, 0.3) is 0 Å². The predicted molar refractivity (Wildman–Crippen MR) is 153 cm³/mol. The first-order chi connectivity index (χ1) is 19.4. The van der Waals surface area contributed by atoms with Crippen molar-refractivity contribution in [1.82, 2.24) is 10.3 Å². The highest BCUT2D eigenvalue weighted by Crippen LogP contribution is 2.28. The number of non-ortho nitro benzene ring substituents is 1. The zero-order chi connectivity index (χ0) is 28.3. The Kier molecular flexibility index (Phi) is 10.1. The Labute approximate surface area is 236 Å². The lowest BCUT2D eigenvalue weighted by Gasteiger charge is -2.26. The van der Waals surface area contributed by atoms with Gasteiger partial charge in [-0.1, -0.05) is 12.1 Å². The average Bonchev–Trinajstić information content (AvgIpc) is 2.99. The van der Waals surface area contributed by atoms with E-state index < -0.39 is 4.92 Å². The fourth-order valence-electron chi connectivity index (χ4n) is 4.09. The summed E-state index contributed by atoms with van der Waals surface area (Å²) in [7, 11) is 1.54. The molecule has 0 aliphatic carbocycles. The van der Waals surface area contributed by atoms with Gasteiger partial charge in [0.05, 0.1) is 24.0 Å². The molecule has 10 nitrogen and oxygen atoms in total. The quantitative estimate of drug-likeness (QED) is 0.150. The number of nitro groups is 1. The van der Waals surface area contributed by atoms with E-state index in [9.17, 15) is 19.7 Å². The largest absolute Gasteiger partial charge is 0.493 e. The number of carbonyl (C=O) groups is 2. The molecule has 0 atom stereocenters. The molecule has 0 spiro atoms. The molecule has 1 saturated heterocycles. The number of methoxy groups -OCH3 is 1. The second-order valence-corrected chi connectivity index (χ2v) is 10.1. The maximum atomic E-state index is 12.7. The average molecular weight is 563 g/mol. The minimum absolute atomic E-state index is 0.000151. The number of hydrazone groups is 1. The molecule has 1 N–H and O–H groups in total. The topological polar surface area (TPSA) is 123 Å². The second kappa shape index (κ2) is 14.1. The van der Waals surface area contributed by atoms with Crippen LogP contribution < -0.4 is 14.9 Å². The van der Waals surface area contributed by atoms with Crippen LogP contribution in [0.4, 0.5) is 5.69 Å². The first-order valence-corrected chi connectivity index (χ1v) is 13.8. The number of hydrogen-bond acceptors (Lipinski definition) is 8. The van der Waals surface area contributed by atoms with E-state index in [0.717, 1.165) is 36.4 Å². The third-order valence-electron chi connectivity index (χ3n) is 6.25. The number of nitrogens with zero attached hydrogens (tertiary/aromatic N) is 3. The molecule has 0 saturated carbocycles. The van der Waals surface area contributed by atoms with Crippen molar-refractivity contribution in [2.75, 3.05) is 26.0 Å². The summed E-state index contributed by atoms with van der Waals surface area (Å²) in [6.45, 7) is 1.95. The highest BCUT2D eigenvalue weighted by Gasteiger charge is 2.18. The number of hydrogen-bond donors (Lipinski definition) is 1. The number of benzene rings is 3. The first-order valence-electron chi connectivity index (χ1n) is 12.8. The Balaban J connectivity index is 1.25. The van der Waals surface area contributed by atoms with Crippen molar-refractivity contribution in [3.8, 4) is 11.5 Å². The summed E-state index contributed by atoms with van der Waals surface area (Å²) in [6, 6.07) is 18.8. The number of thioether (sulfide) groups is 1. The van der Waals surface area contributed by atoms with Crippen molar-refractivity contribution in [1.29, 1.82) is 0 Å². The molecule has 1 aliphatic rings. The van der Waals surface area contributed by atoms with E-state index in [1.165, 1.54) is 36.5 Å². The number of nitrogens with one attached hydrogen (secondary N) is 1. The van der Waals surface area contributed by atoms with Gasteiger partial charge in [0.1, 0.15) is 6.61 Å². The number of amides is 2. The van der Waals surface area contributed by atoms with Crippen LogP contribution in [0.3, 0.4) is 0 Å². The van der Waals surface area contributed by atoms with Crippen molar-refractivity contribution in [3.63, 3.8) is 0 Å². The molecule has 40 heavy (non-hydrogen) atoms. The zero-order valence-electron chi connectivity index (χ0n) is 22.1. The van der Waals surface area contributed by atoms with Crippen LogP contribution in [0.5, 0.6) is 11.5 Å². The number of piperidine rings is 1. The fourth-order valence-corrected chi connectivity index (χ4v) is 4.78. The van der Waals surface area contributed by atoms with Crippen LogP contribution in [-0.2, 0) is 11.4 Å². The summed E-state index contributed by atoms with van der Waals surface area (Å²) in [6.07, 6.45) is 4.80. The van der Waals surface area contributed by atoms with E-state index in [1.807, 2.05) is 29.2 Å². The van der Waals surface area contributed by atoms with Crippen molar-refractivity contribution >= 4 is 35.5 Å². The normalized spacial score (nSPS) is 13.2. The predicted octanol–water partition coefficient (Wildman–Crippen LogP) is 5.05. The smallest absolute Gasteiger partial charge is 0.269 e. The fraction of sp³-hybridized carbons (Fsp3) is 0.276. The van der Waals surface area contributed by atoms with Gasteiger partial charge in [0, 0.05) is 35.7 Å². The summed E-state index contributed by atoms with van der Waals surface area (Å²) in [5.41, 5.74) is 4.78. The molecule has 1 fully saturated rings. The Morgan fingerprint density at radius 3 is 2.42 bits per heavy atom. The summed E-state index contributed by atoms with van der Waals surface area (Å²) < 4.78 is 11.4. The Morgan fingerprint density at radius 1 is 1.02 bits per heavy atom. The van der Waals surface area contributed by atoms with E-state index in [1.54, 1.807) is 37.4 Å². The number of carbonyl (C=O) groups excluding carboxylic acids is 2. The highest BCUT2D eigenvalue weighted by molar-refractivity contribution is 8.00. The molecule has 0 aromatic heterocycles. The van der Waals surface area contributed by atoms with Gasteiger partial charge in [-0.25, -0.2) is 5.43 Å². The lowest BCUT2D eigenvalue weighted by atomic mass is 10.1. The number of ether oxygens (including phenoxy) is 2. The molecule has 11 heteroatoms. The molecule has 0 bridgehead atoms. The van der Waals surface area contributed by atoms with Crippen LogP contribution >= 0.6 is 11.8 Å². The van der Waals surface area contributed by atoms with Gasteiger partial charge in [-0.3, -0.25) is 19.7 Å². The lowest BCUT2D eigenvalue weighted by molar-refractivity contribution is -0.384. The van der Waals surface area contributed by atoms with E-state index in [2.05, 4.69) is 10.5 Å². The van der Waals surface area contributed by atoms with Crippen molar-refractivity contribution in [2.45, 2.75) is 30.8 Å². The monoisotopic (exact) mass is 562 g/mol. The third kappa shape index (κ3) is 8.06. The summed E-state index contributed by atoms with van der Waals surface area (Å²) >= 11 is 1.25. The van der Waals surface area contributed by atoms with Crippen LogP contribution in [0.2, 0.25) is 0 Å². The van der Waals surface area contributed by atoms with Gasteiger partial charge in [-0.05, 0) is 72.9 Å². The third-order valence-corrected chi connectivity index (χ3v) is 7.26. The summed E-state index contributed by atoms with van der Waals surface area (Å²) in [5.74, 6) is 0.941. The van der Waals surface area contributed by atoms with E-state index in [-0.39, 0.29) is 23.3 Å². The molecule has 2 amide bonds. The van der Waals surface area contributed by atoms with Crippen molar-refractivity contribution < 1.29 is 24.0 Å². The van der Waals surface area contributed by atoms with Gasteiger partial charge in [0.25, 0.3) is 11.6 Å². The molecule has 0 unspecified atom stereocenters. The van der Waals surface area contributed by atoms with Crippen LogP contribution in [0.1, 0.15) is 40.7 Å². The van der Waals surface area contributed by atoms with Gasteiger partial charge >= 0.3 is 0 Å². The second-order valence-electron chi connectivity index (χ2n) is 9.08. The summed E-state index contributed by atoms with van der Waals surface area (Å²) in [4.78, 5) is 37.7. The molecule has 208 valence electrons. The molecule has 1 heterocycles. The standard InChI is InChI=1S/C29H30N4O6S/c1-38-27-17-22(18-30-31-28(34)20-40-25-12-10-24(11-13-25)33(36)37)7-14-26(27)39-19-21-5-8-23(9-6-21)29(35)32-15-3-2-4-16-32/h5-14,17-18H,2-4,15-16,19-20H2,1H3,(H,31,34)/b30-18-. The van der Waals surface area contributed by atoms with E-state index >= 15 is 0 Å². The first kappa shape index (κ1) is 28.6. The van der Waals surface area contributed by atoms with Crippen LogP contribution in [-0.4, -0.2) is 53.8 Å². The maximum absolute atomic E-state index is 12.7. The van der Waals surface area contributed by atoms with Crippen LogP contribution in [0, 0.1) is 10.1 Å². The molecule has 0 radical (unpaired) electrons. The Hall–Kier alpha value is -4.38. The molecular formula is C29H30N4O6S. The Bertz CT molecular complexity index is 1360. The molecule has 3 aromatic rings. The lowest BCUT2D eigenvalue weighted by Crippen LogP contribution is -2.35. The minimum Gasteiger partial charge on any atom is -0.493 e. The van der Waals surface area contributed by atoms with Gasteiger partial charge < -0.3 is 14.4 Å². The van der Waals surface area contributed by atoms with E-state index in [4.69, 9.17) is 9.47 Å². The van der Waals surface area contributed by atoms with Crippen molar-refractivity contribution in [2.24, 2.45) is 5.10 Å². The number of rotatable bonds is 11. The highest BCUT2D eigenvalue weighted by atomic mass is 32.2. The van der Waals surface area contributed by atoms with Gasteiger partial charge in [0.15, 0.2) is 11.5 Å². The van der Waals surface area contributed by atoms with Crippen molar-refractivity contribution in [3.05, 3.63) is 93.5 Å². The number of likely N-dealkylation sites (tertiary alicyclic amines) is 1. The number of nitro benzene ring substituents is 1. The molecular weight excluding hydrogens is 532 g/mol. The van der Waals surface area contributed by atoms with E-state index in [0.29, 0.717) is 29.2 Å². The Morgan fingerprint density at radius 2 is 1.75 bits per heavy atom. The zero-order valence-corrected chi connectivity index (χ0v) is 22.9. The maximum Gasteiger partial charge on any atom is 0.269 e. The minimum atomic E-state index is -0.469. The SMILES string of the molecule is COc1cc(/C=N\NC(=O)CSc2ccc([N+](=O)[O-])cc2)ccc1OCc1ccc(C(=O)N2CCCCC2)cc1. The van der Waals surface area contributed by atoms with Gasteiger partial charge in [-0.15, -0.1) is 11.8 Å².